The minimum absolute atomic E-state index is 0.202. The molecule has 1 heterocycles. The highest BCUT2D eigenvalue weighted by Gasteiger charge is 2.37. The van der Waals surface area contributed by atoms with Crippen molar-refractivity contribution >= 4 is 15.9 Å². The van der Waals surface area contributed by atoms with Crippen molar-refractivity contribution in [2.24, 2.45) is 0 Å². The molecule has 0 saturated heterocycles. The lowest BCUT2D eigenvalue weighted by Gasteiger charge is -2.31. The van der Waals surface area contributed by atoms with Crippen LogP contribution in [-0.2, 0) is 15.6 Å². The third-order valence-corrected chi connectivity index (χ3v) is 6.03. The van der Waals surface area contributed by atoms with Crippen LogP contribution in [0.25, 0.3) is 0 Å². The third kappa shape index (κ3) is 3.48. The van der Waals surface area contributed by atoms with E-state index in [0.29, 0.717) is 0 Å². The predicted molar refractivity (Wildman–Crippen MR) is 93.7 cm³/mol. The Kier molecular flexibility index (Phi) is 4.71. The van der Waals surface area contributed by atoms with Crippen molar-refractivity contribution in [1.29, 1.82) is 0 Å². The molecule has 0 radical (unpaired) electrons. The second-order valence-electron chi connectivity index (χ2n) is 6.47. The SMILES string of the molecule is CNS(=O)(=O)c1cc(C(=O)NC2(c3cccc(C)c3)CCCC2)co1. The molecule has 7 heteroatoms. The lowest BCUT2D eigenvalue weighted by molar-refractivity contribution is 0.0897. The van der Waals surface area contributed by atoms with Crippen LogP contribution >= 0.6 is 0 Å². The maximum atomic E-state index is 12.7. The Balaban J connectivity index is 1.87. The quantitative estimate of drug-likeness (QED) is 0.856. The van der Waals surface area contributed by atoms with Gasteiger partial charge in [-0.05, 0) is 32.4 Å². The maximum absolute atomic E-state index is 12.7. The fourth-order valence-electron chi connectivity index (χ4n) is 3.37. The van der Waals surface area contributed by atoms with E-state index in [0.717, 1.165) is 36.8 Å². The first-order valence-corrected chi connectivity index (χ1v) is 9.76. The maximum Gasteiger partial charge on any atom is 0.273 e. The van der Waals surface area contributed by atoms with Crippen LogP contribution in [0.4, 0.5) is 0 Å². The summed E-state index contributed by atoms with van der Waals surface area (Å²) in [5.41, 5.74) is 2.02. The average Bonchev–Trinajstić information content (AvgIpc) is 3.25. The molecule has 25 heavy (non-hydrogen) atoms. The van der Waals surface area contributed by atoms with Crippen LogP contribution in [0.1, 0.15) is 47.2 Å². The molecule has 1 aromatic heterocycles. The van der Waals surface area contributed by atoms with E-state index in [-0.39, 0.29) is 16.6 Å². The molecule has 0 aliphatic heterocycles. The first-order chi connectivity index (χ1) is 11.9. The lowest BCUT2D eigenvalue weighted by Crippen LogP contribution is -2.43. The van der Waals surface area contributed by atoms with Crippen LogP contribution in [-0.4, -0.2) is 21.4 Å². The molecule has 134 valence electrons. The van der Waals surface area contributed by atoms with E-state index in [2.05, 4.69) is 16.1 Å². The van der Waals surface area contributed by atoms with Crippen molar-refractivity contribution in [3.8, 4) is 0 Å². The Morgan fingerprint density at radius 2 is 1.92 bits per heavy atom. The Morgan fingerprint density at radius 1 is 1.20 bits per heavy atom. The van der Waals surface area contributed by atoms with Gasteiger partial charge in [-0.15, -0.1) is 0 Å². The largest absolute Gasteiger partial charge is 0.451 e. The van der Waals surface area contributed by atoms with Crippen molar-refractivity contribution in [2.75, 3.05) is 7.05 Å². The topological polar surface area (TPSA) is 88.4 Å². The summed E-state index contributed by atoms with van der Waals surface area (Å²) >= 11 is 0. The zero-order chi connectivity index (χ0) is 18.1. The molecule has 0 spiro atoms. The standard InChI is InChI=1S/C18H22N2O4S/c1-13-6-5-7-15(10-13)18(8-3-4-9-18)20-17(21)14-11-16(24-12-14)25(22,23)19-2/h5-7,10-12,19H,3-4,8-9H2,1-2H3,(H,20,21). The predicted octanol–water partition coefficient (Wildman–Crippen LogP) is 2.70. The number of amides is 1. The van der Waals surface area contributed by atoms with Crippen LogP contribution < -0.4 is 10.0 Å². The fourth-order valence-corrected chi connectivity index (χ4v) is 4.03. The second-order valence-corrected chi connectivity index (χ2v) is 8.29. The molecule has 1 aliphatic carbocycles. The first kappa shape index (κ1) is 17.7. The monoisotopic (exact) mass is 362 g/mol. The van der Waals surface area contributed by atoms with Crippen LogP contribution in [0.15, 0.2) is 46.1 Å². The zero-order valence-electron chi connectivity index (χ0n) is 14.3. The molecular weight excluding hydrogens is 340 g/mol. The molecule has 1 aromatic carbocycles. The second kappa shape index (κ2) is 6.65. The van der Waals surface area contributed by atoms with E-state index >= 15 is 0 Å². The van der Waals surface area contributed by atoms with E-state index < -0.39 is 15.6 Å². The number of hydrogen-bond acceptors (Lipinski definition) is 4. The van der Waals surface area contributed by atoms with Crippen LogP contribution in [0.2, 0.25) is 0 Å². The molecule has 6 nitrogen and oxygen atoms in total. The van der Waals surface area contributed by atoms with E-state index in [1.807, 2.05) is 25.1 Å². The molecule has 3 rings (SSSR count). The Labute approximate surface area is 147 Å². The molecular formula is C18H22N2O4S. The molecule has 2 aromatic rings. The van der Waals surface area contributed by atoms with Crippen LogP contribution in [0.5, 0.6) is 0 Å². The van der Waals surface area contributed by atoms with Gasteiger partial charge in [0, 0.05) is 6.07 Å². The van der Waals surface area contributed by atoms with E-state index in [4.69, 9.17) is 4.42 Å². The molecule has 1 fully saturated rings. The van der Waals surface area contributed by atoms with Gasteiger partial charge in [0.15, 0.2) is 0 Å². The van der Waals surface area contributed by atoms with Gasteiger partial charge in [0.25, 0.3) is 15.9 Å². The summed E-state index contributed by atoms with van der Waals surface area (Å²) < 4.78 is 30.8. The molecule has 1 saturated carbocycles. The van der Waals surface area contributed by atoms with Crippen LogP contribution in [0.3, 0.4) is 0 Å². The Bertz CT molecular complexity index is 880. The summed E-state index contributed by atoms with van der Waals surface area (Å²) in [7, 11) is -2.41. The number of nitrogens with one attached hydrogen (secondary N) is 2. The van der Waals surface area contributed by atoms with Gasteiger partial charge in [0.2, 0.25) is 5.09 Å². The average molecular weight is 362 g/mol. The summed E-state index contributed by atoms with van der Waals surface area (Å²) in [6.07, 6.45) is 4.99. The smallest absolute Gasteiger partial charge is 0.273 e. The number of rotatable bonds is 5. The van der Waals surface area contributed by atoms with Crippen molar-refractivity contribution < 1.29 is 17.6 Å². The number of carbonyl (C=O) groups is 1. The third-order valence-electron chi connectivity index (χ3n) is 4.75. The molecule has 2 N–H and O–H groups in total. The molecule has 1 aliphatic rings. The van der Waals surface area contributed by atoms with Gasteiger partial charge in [-0.3, -0.25) is 4.79 Å². The fraction of sp³-hybridized carbons (Fsp3) is 0.389. The van der Waals surface area contributed by atoms with Crippen molar-refractivity contribution in [3.05, 3.63) is 53.3 Å². The van der Waals surface area contributed by atoms with Gasteiger partial charge in [0.1, 0.15) is 6.26 Å². The zero-order valence-corrected chi connectivity index (χ0v) is 15.2. The normalized spacial score (nSPS) is 16.7. The summed E-state index contributed by atoms with van der Waals surface area (Å²) in [5.74, 6) is -0.329. The lowest BCUT2D eigenvalue weighted by atomic mass is 9.87. The first-order valence-electron chi connectivity index (χ1n) is 8.28. The summed E-state index contributed by atoms with van der Waals surface area (Å²) in [5, 5.41) is 2.85. The molecule has 0 atom stereocenters. The van der Waals surface area contributed by atoms with E-state index in [1.54, 1.807) is 0 Å². The van der Waals surface area contributed by atoms with Gasteiger partial charge >= 0.3 is 0 Å². The highest BCUT2D eigenvalue weighted by Crippen LogP contribution is 2.39. The summed E-state index contributed by atoms with van der Waals surface area (Å²) in [4.78, 5) is 12.7. The van der Waals surface area contributed by atoms with Crippen molar-refractivity contribution in [3.63, 3.8) is 0 Å². The van der Waals surface area contributed by atoms with Crippen molar-refractivity contribution in [2.45, 2.75) is 43.2 Å². The van der Waals surface area contributed by atoms with Crippen molar-refractivity contribution in [1.82, 2.24) is 10.0 Å². The number of aryl methyl sites for hydroxylation is 1. The highest BCUT2D eigenvalue weighted by atomic mass is 32.2. The number of hydrogen-bond donors (Lipinski definition) is 2. The number of benzene rings is 1. The Hall–Kier alpha value is -2.12. The van der Waals surface area contributed by atoms with Gasteiger partial charge in [-0.25, -0.2) is 13.1 Å². The minimum Gasteiger partial charge on any atom is -0.451 e. The summed E-state index contributed by atoms with van der Waals surface area (Å²) in [6, 6.07) is 9.40. The molecule has 0 unspecified atom stereocenters. The van der Waals surface area contributed by atoms with E-state index in [9.17, 15) is 13.2 Å². The number of furan rings is 1. The van der Waals surface area contributed by atoms with Gasteiger partial charge in [-0.2, -0.15) is 0 Å². The Morgan fingerprint density at radius 3 is 2.56 bits per heavy atom. The minimum atomic E-state index is -3.71. The van der Waals surface area contributed by atoms with Gasteiger partial charge in [0.05, 0.1) is 11.1 Å². The molecule has 0 bridgehead atoms. The van der Waals surface area contributed by atoms with Gasteiger partial charge in [-0.1, -0.05) is 42.7 Å². The highest BCUT2D eigenvalue weighted by molar-refractivity contribution is 7.89. The van der Waals surface area contributed by atoms with E-state index in [1.165, 1.54) is 19.4 Å². The number of sulfonamides is 1. The molecule has 1 amide bonds. The van der Waals surface area contributed by atoms with Crippen LogP contribution in [0, 0.1) is 6.92 Å². The number of carbonyl (C=O) groups excluding carboxylic acids is 1. The van der Waals surface area contributed by atoms with Gasteiger partial charge < -0.3 is 9.73 Å². The summed E-state index contributed by atoms with van der Waals surface area (Å²) in [6.45, 7) is 2.03.